The van der Waals surface area contributed by atoms with Crippen molar-refractivity contribution in [1.29, 1.82) is 0 Å². The van der Waals surface area contributed by atoms with Crippen molar-refractivity contribution < 1.29 is 9.90 Å². The third-order valence-electron chi connectivity index (χ3n) is 3.14. The number of hydrogen-bond acceptors (Lipinski definition) is 2. The number of rotatable bonds is 4. The summed E-state index contributed by atoms with van der Waals surface area (Å²) < 4.78 is 0. The summed E-state index contributed by atoms with van der Waals surface area (Å²) in [6.07, 6.45) is 0.678. The number of aromatic hydroxyl groups is 1. The zero-order valence-corrected chi connectivity index (χ0v) is 11.9. The Morgan fingerprint density at radius 2 is 1.95 bits per heavy atom. The molecule has 0 heterocycles. The van der Waals surface area contributed by atoms with Crippen molar-refractivity contribution in [3.05, 3.63) is 59.1 Å². The van der Waals surface area contributed by atoms with Crippen molar-refractivity contribution in [3.8, 4) is 5.75 Å². The van der Waals surface area contributed by atoms with E-state index in [4.69, 9.17) is 11.6 Å². The van der Waals surface area contributed by atoms with Gasteiger partial charge in [0.1, 0.15) is 5.75 Å². The molecule has 0 unspecified atom stereocenters. The van der Waals surface area contributed by atoms with Crippen LogP contribution in [-0.4, -0.2) is 11.0 Å². The number of phenolic OH excluding ortho intramolecular Hbond substituents is 1. The van der Waals surface area contributed by atoms with Crippen molar-refractivity contribution in [2.75, 3.05) is 5.32 Å². The Labute approximate surface area is 123 Å². The molecule has 0 saturated heterocycles. The zero-order chi connectivity index (χ0) is 14.5. The van der Waals surface area contributed by atoms with Gasteiger partial charge in [-0.15, -0.1) is 0 Å². The first-order valence-electron chi connectivity index (χ1n) is 6.46. The predicted molar refractivity (Wildman–Crippen MR) is 81.2 cm³/mol. The van der Waals surface area contributed by atoms with Gasteiger partial charge < -0.3 is 10.4 Å². The summed E-state index contributed by atoms with van der Waals surface area (Å²) in [5, 5.41) is 12.9. The van der Waals surface area contributed by atoms with Gasteiger partial charge in [0.15, 0.2) is 0 Å². The second-order valence-electron chi connectivity index (χ2n) is 4.52. The molecule has 104 valence electrons. The maximum absolute atomic E-state index is 12.3. The second-order valence-corrected chi connectivity index (χ2v) is 4.96. The number of anilines is 1. The van der Waals surface area contributed by atoms with Gasteiger partial charge >= 0.3 is 0 Å². The highest BCUT2D eigenvalue weighted by molar-refractivity contribution is 6.31. The number of benzene rings is 2. The second kappa shape index (κ2) is 6.44. The molecule has 1 atom stereocenters. The molecule has 0 fully saturated rings. The molecule has 0 bridgehead atoms. The van der Waals surface area contributed by atoms with Crippen LogP contribution in [0.1, 0.15) is 24.8 Å². The van der Waals surface area contributed by atoms with E-state index < -0.39 is 0 Å². The zero-order valence-electron chi connectivity index (χ0n) is 11.1. The lowest BCUT2D eigenvalue weighted by molar-refractivity contribution is -0.117. The molecule has 0 aliphatic rings. The first-order chi connectivity index (χ1) is 9.61. The highest BCUT2D eigenvalue weighted by Crippen LogP contribution is 2.28. The number of hydrogen-bond donors (Lipinski definition) is 2. The average molecular weight is 290 g/mol. The molecule has 3 nitrogen and oxygen atoms in total. The van der Waals surface area contributed by atoms with Crippen LogP contribution in [0.2, 0.25) is 5.02 Å². The monoisotopic (exact) mass is 289 g/mol. The van der Waals surface area contributed by atoms with Gasteiger partial charge in [-0.05, 0) is 30.2 Å². The minimum Gasteiger partial charge on any atom is -0.506 e. The summed E-state index contributed by atoms with van der Waals surface area (Å²) in [5.41, 5.74) is 1.28. The third kappa shape index (κ3) is 3.31. The maximum atomic E-state index is 12.3. The van der Waals surface area contributed by atoms with E-state index in [1.54, 1.807) is 6.07 Å². The normalized spacial score (nSPS) is 11.9. The Balaban J connectivity index is 2.20. The van der Waals surface area contributed by atoms with Gasteiger partial charge in [-0.1, -0.05) is 48.9 Å². The number of carbonyl (C=O) groups is 1. The van der Waals surface area contributed by atoms with E-state index in [0.717, 1.165) is 5.56 Å². The number of phenols is 1. The van der Waals surface area contributed by atoms with E-state index in [2.05, 4.69) is 5.32 Å². The van der Waals surface area contributed by atoms with Crippen LogP contribution >= 0.6 is 11.6 Å². The predicted octanol–water partition coefficient (Wildman–Crippen LogP) is 4.18. The van der Waals surface area contributed by atoms with Gasteiger partial charge in [-0.25, -0.2) is 0 Å². The van der Waals surface area contributed by atoms with Crippen LogP contribution < -0.4 is 5.32 Å². The highest BCUT2D eigenvalue weighted by atomic mass is 35.5. The molecule has 0 spiro atoms. The van der Waals surface area contributed by atoms with Crippen LogP contribution in [0.4, 0.5) is 5.69 Å². The molecule has 2 N–H and O–H groups in total. The fourth-order valence-corrected chi connectivity index (χ4v) is 2.26. The molecule has 2 aromatic rings. The van der Waals surface area contributed by atoms with Crippen LogP contribution in [0.15, 0.2) is 48.5 Å². The highest BCUT2D eigenvalue weighted by Gasteiger charge is 2.19. The molecule has 0 aromatic heterocycles. The fraction of sp³-hybridized carbons (Fsp3) is 0.188. The van der Waals surface area contributed by atoms with Crippen LogP contribution in [-0.2, 0) is 4.79 Å². The summed E-state index contributed by atoms with van der Waals surface area (Å²) in [6.45, 7) is 1.95. The Morgan fingerprint density at radius 3 is 2.60 bits per heavy atom. The van der Waals surface area contributed by atoms with Gasteiger partial charge in [-0.2, -0.15) is 0 Å². The molecule has 2 rings (SSSR count). The molecule has 20 heavy (non-hydrogen) atoms. The van der Waals surface area contributed by atoms with E-state index in [-0.39, 0.29) is 17.6 Å². The van der Waals surface area contributed by atoms with Crippen molar-refractivity contribution in [3.63, 3.8) is 0 Å². The van der Waals surface area contributed by atoms with Gasteiger partial charge in [-0.3, -0.25) is 4.79 Å². The van der Waals surface area contributed by atoms with Gasteiger partial charge in [0.05, 0.1) is 11.6 Å². The van der Waals surface area contributed by atoms with E-state index in [9.17, 15) is 9.90 Å². The molecule has 0 aliphatic heterocycles. The minimum absolute atomic E-state index is 0.00525. The maximum Gasteiger partial charge on any atom is 0.232 e. The summed E-state index contributed by atoms with van der Waals surface area (Å²) in [4.78, 5) is 12.3. The SMILES string of the molecule is CC[C@@H](C(=O)Nc1cc(Cl)ccc1O)c1ccccc1. The summed E-state index contributed by atoms with van der Waals surface area (Å²) in [7, 11) is 0. The molecule has 0 radical (unpaired) electrons. The Morgan fingerprint density at radius 1 is 1.25 bits per heavy atom. The molecular weight excluding hydrogens is 274 g/mol. The van der Waals surface area contributed by atoms with E-state index >= 15 is 0 Å². The number of carbonyl (C=O) groups excluding carboxylic acids is 1. The fourth-order valence-electron chi connectivity index (χ4n) is 2.09. The lowest BCUT2D eigenvalue weighted by atomic mass is 9.95. The van der Waals surface area contributed by atoms with Crippen LogP contribution in [0, 0.1) is 0 Å². The Kier molecular flexibility index (Phi) is 4.64. The molecule has 4 heteroatoms. The summed E-state index contributed by atoms with van der Waals surface area (Å²) in [6, 6.07) is 14.1. The topological polar surface area (TPSA) is 49.3 Å². The van der Waals surface area contributed by atoms with E-state index in [1.807, 2.05) is 37.3 Å². The number of nitrogens with one attached hydrogen (secondary N) is 1. The summed E-state index contributed by atoms with van der Waals surface area (Å²) in [5.74, 6) is -0.406. The number of halogens is 1. The molecule has 0 aliphatic carbocycles. The first-order valence-corrected chi connectivity index (χ1v) is 6.84. The molecule has 2 aromatic carbocycles. The molecular formula is C16H16ClNO2. The summed E-state index contributed by atoms with van der Waals surface area (Å²) >= 11 is 5.87. The van der Waals surface area contributed by atoms with Crippen molar-refractivity contribution in [1.82, 2.24) is 0 Å². The van der Waals surface area contributed by atoms with Crippen LogP contribution in [0.5, 0.6) is 5.75 Å². The van der Waals surface area contributed by atoms with Crippen molar-refractivity contribution in [2.24, 2.45) is 0 Å². The smallest absolute Gasteiger partial charge is 0.232 e. The third-order valence-corrected chi connectivity index (χ3v) is 3.38. The average Bonchev–Trinajstić information content (AvgIpc) is 2.45. The standard InChI is InChI=1S/C16H16ClNO2/c1-2-13(11-6-4-3-5-7-11)16(20)18-14-10-12(17)8-9-15(14)19/h3-10,13,19H,2H2,1H3,(H,18,20)/t13-/m1/s1. The Hall–Kier alpha value is -2.00. The number of amides is 1. The lowest BCUT2D eigenvalue weighted by Gasteiger charge is -2.16. The van der Waals surface area contributed by atoms with Gasteiger partial charge in [0, 0.05) is 5.02 Å². The van der Waals surface area contributed by atoms with Crippen LogP contribution in [0.3, 0.4) is 0 Å². The molecule has 0 saturated carbocycles. The van der Waals surface area contributed by atoms with E-state index in [0.29, 0.717) is 17.1 Å². The lowest BCUT2D eigenvalue weighted by Crippen LogP contribution is -2.20. The first kappa shape index (κ1) is 14.4. The van der Waals surface area contributed by atoms with Crippen molar-refractivity contribution in [2.45, 2.75) is 19.3 Å². The van der Waals surface area contributed by atoms with Gasteiger partial charge in [0.2, 0.25) is 5.91 Å². The quantitative estimate of drug-likeness (QED) is 0.830. The van der Waals surface area contributed by atoms with E-state index in [1.165, 1.54) is 12.1 Å². The minimum atomic E-state index is -0.255. The largest absolute Gasteiger partial charge is 0.506 e. The van der Waals surface area contributed by atoms with Crippen LogP contribution in [0.25, 0.3) is 0 Å². The Bertz CT molecular complexity index is 599. The molecule has 1 amide bonds. The van der Waals surface area contributed by atoms with Gasteiger partial charge in [0.25, 0.3) is 0 Å². The van der Waals surface area contributed by atoms with Crippen molar-refractivity contribution >= 4 is 23.2 Å².